The molecule has 0 aromatic heterocycles. The lowest BCUT2D eigenvalue weighted by Crippen LogP contribution is -2.32. The average Bonchev–Trinajstić information content (AvgIpc) is 2.68. The fourth-order valence-electron chi connectivity index (χ4n) is 2.31. The van der Waals surface area contributed by atoms with E-state index in [0.717, 1.165) is 25.7 Å². The van der Waals surface area contributed by atoms with Crippen molar-refractivity contribution in [1.82, 2.24) is 4.31 Å². The first-order valence-corrected chi connectivity index (χ1v) is 7.79. The fourth-order valence-corrected chi connectivity index (χ4v) is 4.04. The molecule has 1 aromatic rings. The molecule has 1 aliphatic rings. The summed E-state index contributed by atoms with van der Waals surface area (Å²) in [4.78, 5) is 0.245. The molecule has 1 aliphatic heterocycles. The van der Waals surface area contributed by atoms with E-state index in [1.165, 1.54) is 0 Å². The maximum Gasteiger partial charge on any atom is 0.243 e. The van der Waals surface area contributed by atoms with E-state index in [4.69, 9.17) is 0 Å². The quantitative estimate of drug-likeness (QED) is 0.909. The van der Waals surface area contributed by atoms with Crippen LogP contribution in [0.15, 0.2) is 29.2 Å². The molecule has 1 aromatic carbocycles. The standard InChI is InChI=1S/C13H19NO3S/c15-11-12-7-3-4-8-13(12)18(16,17)14-9-5-1-2-6-10-14/h3-4,7-8,15H,1-2,5-6,9-11H2. The maximum absolute atomic E-state index is 12.5. The van der Waals surface area contributed by atoms with Gasteiger partial charge >= 0.3 is 0 Å². The second kappa shape index (κ2) is 5.82. The van der Waals surface area contributed by atoms with Gasteiger partial charge in [-0.1, -0.05) is 31.0 Å². The highest BCUT2D eigenvalue weighted by Gasteiger charge is 2.26. The van der Waals surface area contributed by atoms with Crippen molar-refractivity contribution >= 4 is 10.0 Å². The van der Waals surface area contributed by atoms with Gasteiger partial charge in [0.25, 0.3) is 0 Å². The molecule has 5 heteroatoms. The Hall–Kier alpha value is -0.910. The Morgan fingerprint density at radius 2 is 1.67 bits per heavy atom. The van der Waals surface area contributed by atoms with Crippen LogP contribution in [0.25, 0.3) is 0 Å². The van der Waals surface area contributed by atoms with Crippen molar-refractivity contribution in [1.29, 1.82) is 0 Å². The molecule has 0 amide bonds. The Labute approximate surface area is 108 Å². The number of hydrogen-bond acceptors (Lipinski definition) is 3. The van der Waals surface area contributed by atoms with E-state index in [9.17, 15) is 13.5 Å². The molecule has 0 aliphatic carbocycles. The van der Waals surface area contributed by atoms with Crippen LogP contribution >= 0.6 is 0 Å². The van der Waals surface area contributed by atoms with Crippen LogP contribution in [0.1, 0.15) is 31.2 Å². The smallest absolute Gasteiger partial charge is 0.243 e. The molecular formula is C13H19NO3S. The van der Waals surface area contributed by atoms with Gasteiger partial charge in [-0.3, -0.25) is 0 Å². The highest BCUT2D eigenvalue weighted by atomic mass is 32.2. The van der Waals surface area contributed by atoms with Crippen LogP contribution in [0, 0.1) is 0 Å². The molecule has 0 atom stereocenters. The molecule has 1 N–H and O–H groups in total. The molecule has 0 saturated carbocycles. The van der Waals surface area contributed by atoms with Crippen LogP contribution in [-0.2, 0) is 16.6 Å². The third-order valence-electron chi connectivity index (χ3n) is 3.33. The summed E-state index contributed by atoms with van der Waals surface area (Å²) in [5.41, 5.74) is 0.474. The molecule has 0 unspecified atom stereocenters. The molecule has 100 valence electrons. The first kappa shape index (κ1) is 13.5. The normalized spacial score (nSPS) is 18.5. The second-order valence-electron chi connectivity index (χ2n) is 4.58. The summed E-state index contributed by atoms with van der Waals surface area (Å²) in [6.45, 7) is 0.924. The van der Waals surface area contributed by atoms with Gasteiger partial charge in [-0.15, -0.1) is 0 Å². The van der Waals surface area contributed by atoms with Gasteiger partial charge in [-0.2, -0.15) is 4.31 Å². The van der Waals surface area contributed by atoms with Crippen molar-refractivity contribution in [2.75, 3.05) is 13.1 Å². The van der Waals surface area contributed by atoms with Crippen molar-refractivity contribution in [2.45, 2.75) is 37.2 Å². The average molecular weight is 269 g/mol. The summed E-state index contributed by atoms with van der Waals surface area (Å²) in [5, 5.41) is 9.25. The zero-order chi connectivity index (χ0) is 13.0. The monoisotopic (exact) mass is 269 g/mol. The second-order valence-corrected chi connectivity index (χ2v) is 6.49. The molecule has 1 fully saturated rings. The van der Waals surface area contributed by atoms with Crippen LogP contribution in [-0.4, -0.2) is 30.9 Å². The Morgan fingerprint density at radius 3 is 2.28 bits per heavy atom. The predicted molar refractivity (Wildman–Crippen MR) is 69.6 cm³/mol. The van der Waals surface area contributed by atoms with Gasteiger partial charge in [0.15, 0.2) is 0 Å². The van der Waals surface area contributed by atoms with Crippen molar-refractivity contribution in [3.63, 3.8) is 0 Å². The number of benzene rings is 1. The molecule has 4 nitrogen and oxygen atoms in total. The van der Waals surface area contributed by atoms with Crippen LogP contribution in [0.2, 0.25) is 0 Å². The highest BCUT2D eigenvalue weighted by molar-refractivity contribution is 7.89. The van der Waals surface area contributed by atoms with E-state index < -0.39 is 10.0 Å². The Kier molecular flexibility index (Phi) is 4.37. The van der Waals surface area contributed by atoms with Crippen LogP contribution < -0.4 is 0 Å². The Balaban J connectivity index is 2.34. The van der Waals surface area contributed by atoms with E-state index in [0.29, 0.717) is 18.7 Å². The minimum absolute atomic E-state index is 0.245. The number of sulfonamides is 1. The van der Waals surface area contributed by atoms with Gasteiger partial charge in [0.1, 0.15) is 0 Å². The first-order valence-electron chi connectivity index (χ1n) is 6.35. The summed E-state index contributed by atoms with van der Waals surface area (Å²) < 4.78 is 26.6. The molecule has 0 radical (unpaired) electrons. The van der Waals surface area contributed by atoms with Crippen molar-refractivity contribution in [3.8, 4) is 0 Å². The van der Waals surface area contributed by atoms with Crippen molar-refractivity contribution in [2.24, 2.45) is 0 Å². The molecule has 0 bridgehead atoms. The summed E-state index contributed by atoms with van der Waals surface area (Å²) in [7, 11) is -3.45. The largest absolute Gasteiger partial charge is 0.392 e. The van der Waals surface area contributed by atoms with Crippen molar-refractivity contribution < 1.29 is 13.5 Å². The Morgan fingerprint density at radius 1 is 1.06 bits per heavy atom. The van der Waals surface area contributed by atoms with E-state index in [-0.39, 0.29) is 11.5 Å². The van der Waals surface area contributed by atoms with Gasteiger partial charge in [0, 0.05) is 13.1 Å². The van der Waals surface area contributed by atoms with Gasteiger partial charge in [-0.25, -0.2) is 8.42 Å². The lowest BCUT2D eigenvalue weighted by atomic mass is 10.2. The number of nitrogens with zero attached hydrogens (tertiary/aromatic N) is 1. The molecule has 2 rings (SSSR count). The maximum atomic E-state index is 12.5. The van der Waals surface area contributed by atoms with Crippen LogP contribution in [0.5, 0.6) is 0 Å². The minimum Gasteiger partial charge on any atom is -0.392 e. The summed E-state index contributed by atoms with van der Waals surface area (Å²) in [5.74, 6) is 0. The zero-order valence-corrected chi connectivity index (χ0v) is 11.2. The summed E-state index contributed by atoms with van der Waals surface area (Å²) in [6.07, 6.45) is 4.02. The van der Waals surface area contributed by atoms with Gasteiger partial charge in [0.2, 0.25) is 10.0 Å². The number of aliphatic hydroxyl groups excluding tert-OH is 1. The number of hydrogen-bond donors (Lipinski definition) is 1. The minimum atomic E-state index is -3.45. The SMILES string of the molecule is O=S(=O)(c1ccccc1CO)N1CCCCCC1. The third kappa shape index (κ3) is 2.74. The lowest BCUT2D eigenvalue weighted by molar-refractivity contribution is 0.278. The topological polar surface area (TPSA) is 57.6 Å². The summed E-state index contributed by atoms with van der Waals surface area (Å²) in [6, 6.07) is 6.67. The first-order chi connectivity index (χ1) is 8.66. The highest BCUT2D eigenvalue weighted by Crippen LogP contribution is 2.23. The van der Waals surface area contributed by atoms with E-state index in [1.807, 2.05) is 0 Å². The Bertz CT molecular complexity index is 491. The molecular weight excluding hydrogens is 250 g/mol. The van der Waals surface area contributed by atoms with Gasteiger partial charge in [0.05, 0.1) is 11.5 Å². The van der Waals surface area contributed by atoms with E-state index in [2.05, 4.69) is 0 Å². The van der Waals surface area contributed by atoms with Crippen LogP contribution in [0.4, 0.5) is 0 Å². The molecule has 1 saturated heterocycles. The van der Waals surface area contributed by atoms with E-state index >= 15 is 0 Å². The molecule has 1 heterocycles. The zero-order valence-electron chi connectivity index (χ0n) is 10.4. The number of aliphatic hydroxyl groups is 1. The molecule has 18 heavy (non-hydrogen) atoms. The van der Waals surface area contributed by atoms with Crippen LogP contribution in [0.3, 0.4) is 0 Å². The third-order valence-corrected chi connectivity index (χ3v) is 5.32. The lowest BCUT2D eigenvalue weighted by Gasteiger charge is -2.21. The van der Waals surface area contributed by atoms with E-state index in [1.54, 1.807) is 28.6 Å². The van der Waals surface area contributed by atoms with Gasteiger partial charge < -0.3 is 5.11 Å². The summed E-state index contributed by atoms with van der Waals surface area (Å²) >= 11 is 0. The fraction of sp³-hybridized carbons (Fsp3) is 0.538. The van der Waals surface area contributed by atoms with Gasteiger partial charge in [-0.05, 0) is 24.5 Å². The number of rotatable bonds is 3. The van der Waals surface area contributed by atoms with Crippen molar-refractivity contribution in [3.05, 3.63) is 29.8 Å². The predicted octanol–water partition coefficient (Wildman–Crippen LogP) is 1.74. The molecule has 0 spiro atoms.